The van der Waals surface area contributed by atoms with Crippen molar-refractivity contribution in [1.82, 2.24) is 0 Å². The molecule has 1 heterocycles. The molecule has 0 spiro atoms. The molecule has 100 valence electrons. The Bertz CT molecular complexity index is 693. The van der Waals surface area contributed by atoms with Crippen molar-refractivity contribution in [2.24, 2.45) is 0 Å². The van der Waals surface area contributed by atoms with Crippen LogP contribution in [0.2, 0.25) is 0 Å². The molecule has 1 aromatic heterocycles. The lowest BCUT2D eigenvalue weighted by Crippen LogP contribution is -2.25. The van der Waals surface area contributed by atoms with Gasteiger partial charge in [0, 0.05) is 5.41 Å². The molecule has 0 atom stereocenters. The second-order valence-electron chi connectivity index (χ2n) is 5.17. The minimum absolute atomic E-state index is 0.0545. The number of hydrogen-bond donors (Lipinski definition) is 0. The van der Waals surface area contributed by atoms with Crippen LogP contribution in [-0.4, -0.2) is 7.11 Å². The van der Waals surface area contributed by atoms with Gasteiger partial charge in [0.05, 0.1) is 18.1 Å². The monoisotopic (exact) mass is 258 g/mol. The Balaban J connectivity index is 2.98. The molecule has 2 rings (SSSR count). The summed E-state index contributed by atoms with van der Waals surface area (Å²) < 4.78 is 11.0. The normalized spacial score (nSPS) is 11.6. The van der Waals surface area contributed by atoms with Crippen molar-refractivity contribution in [2.75, 3.05) is 7.11 Å². The smallest absolute Gasteiger partial charge is 0.292 e. The molecule has 0 saturated carbocycles. The molecule has 19 heavy (non-hydrogen) atoms. The number of methoxy groups -OCH3 is 1. The molecular weight excluding hydrogens is 240 g/mol. The average molecular weight is 258 g/mol. The third-order valence-electron chi connectivity index (χ3n) is 3.44. The quantitative estimate of drug-likeness (QED) is 0.790. The predicted molar refractivity (Wildman–Crippen MR) is 77.0 cm³/mol. The van der Waals surface area contributed by atoms with E-state index in [1.807, 2.05) is 32.9 Å². The molecule has 0 aliphatic rings. The lowest BCUT2D eigenvalue weighted by Gasteiger charge is -2.21. The summed E-state index contributed by atoms with van der Waals surface area (Å²) in [6.07, 6.45) is 1.73. The lowest BCUT2D eigenvalue weighted by molar-refractivity contribution is 0.298. The van der Waals surface area contributed by atoms with E-state index in [0.717, 1.165) is 5.56 Å². The molecule has 0 saturated heterocycles. The van der Waals surface area contributed by atoms with E-state index in [1.54, 1.807) is 12.1 Å². The minimum Gasteiger partial charge on any atom is -0.468 e. The standard InChI is InChI=1S/C16H18O3/c1-6-16(3,4)13-14(17)12-10(2)8-7-9-11(12)19-15(13)18-5/h6-9H,1H2,2-5H3. The van der Waals surface area contributed by atoms with Gasteiger partial charge >= 0.3 is 0 Å². The van der Waals surface area contributed by atoms with Gasteiger partial charge in [-0.05, 0) is 18.6 Å². The Morgan fingerprint density at radius 2 is 2.05 bits per heavy atom. The number of allylic oxidation sites excluding steroid dienone is 1. The fourth-order valence-corrected chi connectivity index (χ4v) is 2.19. The van der Waals surface area contributed by atoms with Crippen molar-refractivity contribution in [3.05, 3.63) is 52.2 Å². The highest BCUT2D eigenvalue weighted by Crippen LogP contribution is 2.32. The van der Waals surface area contributed by atoms with Crippen molar-refractivity contribution in [1.29, 1.82) is 0 Å². The Morgan fingerprint density at radius 3 is 2.63 bits per heavy atom. The maximum Gasteiger partial charge on any atom is 0.292 e. The van der Waals surface area contributed by atoms with Gasteiger partial charge in [-0.1, -0.05) is 32.1 Å². The van der Waals surface area contributed by atoms with Crippen molar-refractivity contribution in [3.63, 3.8) is 0 Å². The number of hydrogen-bond acceptors (Lipinski definition) is 3. The topological polar surface area (TPSA) is 39.4 Å². The van der Waals surface area contributed by atoms with Crippen LogP contribution in [0.5, 0.6) is 5.95 Å². The molecular formula is C16H18O3. The number of aryl methyl sites for hydroxylation is 1. The number of ether oxygens (including phenoxy) is 1. The van der Waals surface area contributed by atoms with E-state index in [-0.39, 0.29) is 11.4 Å². The molecule has 0 aliphatic carbocycles. The first kappa shape index (κ1) is 13.4. The first-order chi connectivity index (χ1) is 8.92. The Hall–Kier alpha value is -2.03. The van der Waals surface area contributed by atoms with E-state index in [2.05, 4.69) is 6.58 Å². The molecule has 0 radical (unpaired) electrons. The summed E-state index contributed by atoms with van der Waals surface area (Å²) in [7, 11) is 1.50. The van der Waals surface area contributed by atoms with Gasteiger partial charge in [-0.15, -0.1) is 6.58 Å². The lowest BCUT2D eigenvalue weighted by atomic mass is 9.84. The van der Waals surface area contributed by atoms with Gasteiger partial charge in [0.1, 0.15) is 5.58 Å². The molecule has 3 nitrogen and oxygen atoms in total. The zero-order valence-electron chi connectivity index (χ0n) is 11.7. The van der Waals surface area contributed by atoms with Crippen LogP contribution in [0, 0.1) is 6.92 Å². The van der Waals surface area contributed by atoms with Crippen molar-refractivity contribution in [3.8, 4) is 5.95 Å². The van der Waals surface area contributed by atoms with Crippen molar-refractivity contribution in [2.45, 2.75) is 26.2 Å². The predicted octanol–water partition coefficient (Wildman–Crippen LogP) is 3.57. The molecule has 3 heteroatoms. The van der Waals surface area contributed by atoms with Crippen LogP contribution >= 0.6 is 0 Å². The Kier molecular flexibility index (Phi) is 3.23. The first-order valence-corrected chi connectivity index (χ1v) is 6.17. The second kappa shape index (κ2) is 4.57. The van der Waals surface area contributed by atoms with Crippen LogP contribution in [0.25, 0.3) is 11.0 Å². The van der Waals surface area contributed by atoms with Gasteiger partial charge < -0.3 is 9.15 Å². The van der Waals surface area contributed by atoms with Crippen LogP contribution in [-0.2, 0) is 5.41 Å². The molecule has 0 aliphatic heterocycles. The highest BCUT2D eigenvalue weighted by Gasteiger charge is 2.28. The molecule has 0 unspecified atom stereocenters. The number of benzene rings is 1. The van der Waals surface area contributed by atoms with Gasteiger partial charge in [-0.3, -0.25) is 4.79 Å². The summed E-state index contributed by atoms with van der Waals surface area (Å²) in [5.41, 5.74) is 1.39. The molecule has 2 aromatic rings. The van der Waals surface area contributed by atoms with Crippen molar-refractivity contribution < 1.29 is 9.15 Å². The highest BCUT2D eigenvalue weighted by molar-refractivity contribution is 5.81. The summed E-state index contributed by atoms with van der Waals surface area (Å²) >= 11 is 0. The molecule has 0 amide bonds. The van der Waals surface area contributed by atoms with Crippen LogP contribution in [0.4, 0.5) is 0 Å². The van der Waals surface area contributed by atoms with Gasteiger partial charge in [0.15, 0.2) is 0 Å². The van der Waals surface area contributed by atoms with Crippen LogP contribution < -0.4 is 10.2 Å². The fourth-order valence-electron chi connectivity index (χ4n) is 2.19. The fraction of sp³-hybridized carbons (Fsp3) is 0.312. The molecule has 0 bridgehead atoms. The third kappa shape index (κ3) is 2.05. The molecule has 0 fully saturated rings. The van der Waals surface area contributed by atoms with Crippen molar-refractivity contribution >= 4 is 11.0 Å². The zero-order chi connectivity index (χ0) is 14.2. The van der Waals surface area contributed by atoms with E-state index in [1.165, 1.54) is 7.11 Å². The average Bonchev–Trinajstić information content (AvgIpc) is 2.37. The number of rotatable bonds is 3. The SMILES string of the molecule is C=CC(C)(C)c1c(OC)oc2cccc(C)c2c1=O. The van der Waals surface area contributed by atoms with Crippen LogP contribution in [0.3, 0.4) is 0 Å². The molecule has 0 N–H and O–H groups in total. The highest BCUT2D eigenvalue weighted by atomic mass is 16.6. The van der Waals surface area contributed by atoms with E-state index in [0.29, 0.717) is 16.5 Å². The summed E-state index contributed by atoms with van der Waals surface area (Å²) in [5.74, 6) is 0.257. The summed E-state index contributed by atoms with van der Waals surface area (Å²) in [6, 6.07) is 5.53. The zero-order valence-corrected chi connectivity index (χ0v) is 11.7. The van der Waals surface area contributed by atoms with Gasteiger partial charge in [0.25, 0.3) is 5.95 Å². The third-order valence-corrected chi connectivity index (χ3v) is 3.44. The first-order valence-electron chi connectivity index (χ1n) is 6.17. The van der Waals surface area contributed by atoms with Gasteiger partial charge in [-0.25, -0.2) is 0 Å². The maximum absolute atomic E-state index is 12.7. The van der Waals surface area contributed by atoms with E-state index >= 15 is 0 Å². The number of fused-ring (bicyclic) bond motifs is 1. The summed E-state index contributed by atoms with van der Waals surface area (Å²) in [6.45, 7) is 9.52. The van der Waals surface area contributed by atoms with E-state index in [4.69, 9.17) is 9.15 Å². The van der Waals surface area contributed by atoms with Crippen LogP contribution in [0.15, 0.2) is 40.1 Å². The minimum atomic E-state index is -0.512. The van der Waals surface area contributed by atoms with Crippen LogP contribution in [0.1, 0.15) is 25.0 Å². The summed E-state index contributed by atoms with van der Waals surface area (Å²) in [4.78, 5) is 12.7. The maximum atomic E-state index is 12.7. The molecule has 1 aromatic carbocycles. The van der Waals surface area contributed by atoms with E-state index < -0.39 is 5.41 Å². The van der Waals surface area contributed by atoms with Gasteiger partial charge in [-0.2, -0.15) is 0 Å². The Labute approximate surface area is 112 Å². The Morgan fingerprint density at radius 1 is 1.37 bits per heavy atom. The van der Waals surface area contributed by atoms with Gasteiger partial charge in [0.2, 0.25) is 5.43 Å². The summed E-state index contributed by atoms with van der Waals surface area (Å²) in [5, 5.41) is 0.605. The van der Waals surface area contributed by atoms with E-state index in [9.17, 15) is 4.79 Å². The second-order valence-corrected chi connectivity index (χ2v) is 5.17. The largest absolute Gasteiger partial charge is 0.468 e.